The lowest BCUT2D eigenvalue weighted by Gasteiger charge is -2.34. The summed E-state index contributed by atoms with van der Waals surface area (Å²) < 4.78 is 19.1. The Hall–Kier alpha value is -0.930. The van der Waals surface area contributed by atoms with Crippen LogP contribution in [0.15, 0.2) is 24.3 Å². The number of benzene rings is 1. The molecule has 2 rings (SSSR count). The van der Waals surface area contributed by atoms with Crippen molar-refractivity contribution in [3.8, 4) is 0 Å². The number of halogens is 1. The van der Waals surface area contributed by atoms with Crippen molar-refractivity contribution in [3.63, 3.8) is 0 Å². The van der Waals surface area contributed by atoms with Gasteiger partial charge in [0.2, 0.25) is 0 Å². The highest BCUT2D eigenvalue weighted by Gasteiger charge is 2.27. The van der Waals surface area contributed by atoms with Crippen molar-refractivity contribution in [1.82, 2.24) is 0 Å². The van der Waals surface area contributed by atoms with Crippen molar-refractivity contribution in [2.75, 3.05) is 0 Å². The zero-order valence-electron chi connectivity index (χ0n) is 12.7. The number of nitrogens with two attached hydrogens (primary N) is 1. The minimum Gasteiger partial charge on any atom is -0.373 e. The normalized spacial score (nSPS) is 29.9. The van der Waals surface area contributed by atoms with Crippen molar-refractivity contribution in [2.24, 2.45) is 17.6 Å². The van der Waals surface area contributed by atoms with Crippen LogP contribution in [-0.2, 0) is 4.74 Å². The Morgan fingerprint density at radius 3 is 2.40 bits per heavy atom. The number of rotatable bonds is 4. The van der Waals surface area contributed by atoms with Gasteiger partial charge in [0.1, 0.15) is 5.82 Å². The van der Waals surface area contributed by atoms with Crippen molar-refractivity contribution < 1.29 is 9.13 Å². The summed E-state index contributed by atoms with van der Waals surface area (Å²) in [5.74, 6) is 1.27. The second-order valence-corrected chi connectivity index (χ2v) is 6.31. The van der Waals surface area contributed by atoms with E-state index >= 15 is 0 Å². The van der Waals surface area contributed by atoms with Gasteiger partial charge in [-0.2, -0.15) is 0 Å². The SMILES string of the molecule is CC1CCC(OC(C)C(N)c2ccc(F)cc2)CC1C. The molecular weight excluding hydrogens is 253 g/mol. The molecule has 1 aliphatic carbocycles. The van der Waals surface area contributed by atoms with Gasteiger partial charge in [-0.05, 0) is 55.7 Å². The van der Waals surface area contributed by atoms with E-state index in [1.54, 1.807) is 12.1 Å². The summed E-state index contributed by atoms with van der Waals surface area (Å²) >= 11 is 0. The molecule has 2 N–H and O–H groups in total. The van der Waals surface area contributed by atoms with Gasteiger partial charge in [-0.1, -0.05) is 26.0 Å². The van der Waals surface area contributed by atoms with E-state index in [0.717, 1.165) is 24.3 Å². The van der Waals surface area contributed by atoms with E-state index in [-0.39, 0.29) is 18.0 Å². The Kier molecular flexibility index (Phi) is 5.17. The van der Waals surface area contributed by atoms with Crippen molar-refractivity contribution in [1.29, 1.82) is 0 Å². The lowest BCUT2D eigenvalue weighted by molar-refractivity contribution is -0.0493. The zero-order chi connectivity index (χ0) is 14.7. The maximum absolute atomic E-state index is 12.9. The van der Waals surface area contributed by atoms with Crippen LogP contribution < -0.4 is 5.73 Å². The molecule has 1 saturated carbocycles. The van der Waals surface area contributed by atoms with E-state index in [2.05, 4.69) is 13.8 Å². The fourth-order valence-electron chi connectivity index (χ4n) is 2.97. The molecule has 5 unspecified atom stereocenters. The van der Waals surface area contributed by atoms with Gasteiger partial charge < -0.3 is 10.5 Å². The van der Waals surface area contributed by atoms with Crippen LogP contribution in [0.4, 0.5) is 4.39 Å². The van der Waals surface area contributed by atoms with E-state index in [1.807, 2.05) is 6.92 Å². The summed E-state index contributed by atoms with van der Waals surface area (Å²) in [4.78, 5) is 0. The summed E-state index contributed by atoms with van der Waals surface area (Å²) in [6, 6.07) is 6.18. The van der Waals surface area contributed by atoms with Gasteiger partial charge in [0, 0.05) is 0 Å². The first-order valence-electron chi connectivity index (χ1n) is 7.64. The highest BCUT2D eigenvalue weighted by molar-refractivity contribution is 5.20. The second-order valence-electron chi connectivity index (χ2n) is 6.31. The third-order valence-corrected chi connectivity index (χ3v) is 4.72. The van der Waals surface area contributed by atoms with Crippen molar-refractivity contribution in [2.45, 2.75) is 58.3 Å². The standard InChI is InChI=1S/C17H26FNO/c1-11-4-9-16(10-12(11)2)20-13(3)17(19)14-5-7-15(18)8-6-14/h5-8,11-13,16-17H,4,9-10,19H2,1-3H3. The van der Waals surface area contributed by atoms with E-state index in [9.17, 15) is 4.39 Å². The first kappa shape index (κ1) is 15.5. The summed E-state index contributed by atoms with van der Waals surface area (Å²) in [5.41, 5.74) is 7.15. The molecule has 0 bridgehead atoms. The van der Waals surface area contributed by atoms with E-state index in [0.29, 0.717) is 12.0 Å². The first-order chi connectivity index (χ1) is 9.47. The minimum absolute atomic E-state index is 0.0499. The van der Waals surface area contributed by atoms with Crippen LogP contribution in [-0.4, -0.2) is 12.2 Å². The fraction of sp³-hybridized carbons (Fsp3) is 0.647. The minimum atomic E-state index is -0.232. The molecular formula is C17H26FNO. The quantitative estimate of drug-likeness (QED) is 0.902. The second kappa shape index (κ2) is 6.68. The van der Waals surface area contributed by atoms with Crippen molar-refractivity contribution >= 4 is 0 Å². The molecule has 0 aliphatic heterocycles. The molecule has 0 spiro atoms. The van der Waals surface area contributed by atoms with Gasteiger partial charge in [-0.25, -0.2) is 4.39 Å². The lowest BCUT2D eigenvalue weighted by atomic mass is 9.80. The van der Waals surface area contributed by atoms with E-state index < -0.39 is 0 Å². The summed E-state index contributed by atoms with van der Waals surface area (Å²) in [6.07, 6.45) is 3.71. The van der Waals surface area contributed by atoms with Gasteiger partial charge in [-0.3, -0.25) is 0 Å². The van der Waals surface area contributed by atoms with Crippen LogP contribution in [0.25, 0.3) is 0 Å². The Labute approximate surface area is 121 Å². The van der Waals surface area contributed by atoms with Gasteiger partial charge in [0.25, 0.3) is 0 Å². The van der Waals surface area contributed by atoms with Gasteiger partial charge in [0.15, 0.2) is 0 Å². The number of ether oxygens (including phenoxy) is 1. The maximum Gasteiger partial charge on any atom is 0.123 e. The Bertz CT molecular complexity index is 420. The molecule has 1 aromatic carbocycles. The Morgan fingerprint density at radius 1 is 1.15 bits per heavy atom. The summed E-state index contributed by atoms with van der Waals surface area (Å²) in [5, 5.41) is 0. The average molecular weight is 279 g/mol. The molecule has 20 heavy (non-hydrogen) atoms. The van der Waals surface area contributed by atoms with Crippen LogP contribution in [0.5, 0.6) is 0 Å². The predicted octanol–water partition coefficient (Wildman–Crippen LogP) is 4.06. The van der Waals surface area contributed by atoms with Crippen LogP contribution in [0.1, 0.15) is 51.6 Å². The molecule has 5 atom stereocenters. The van der Waals surface area contributed by atoms with Crippen LogP contribution >= 0.6 is 0 Å². The average Bonchev–Trinajstić information content (AvgIpc) is 2.43. The number of hydrogen-bond acceptors (Lipinski definition) is 2. The molecule has 2 nitrogen and oxygen atoms in total. The third kappa shape index (κ3) is 3.80. The predicted molar refractivity (Wildman–Crippen MR) is 79.8 cm³/mol. The fourth-order valence-corrected chi connectivity index (χ4v) is 2.97. The molecule has 0 amide bonds. The Morgan fingerprint density at radius 2 is 1.80 bits per heavy atom. The van der Waals surface area contributed by atoms with Crippen molar-refractivity contribution in [3.05, 3.63) is 35.6 Å². The van der Waals surface area contributed by atoms with E-state index in [4.69, 9.17) is 10.5 Å². The molecule has 0 heterocycles. The van der Waals surface area contributed by atoms with Gasteiger partial charge in [-0.15, -0.1) is 0 Å². The summed E-state index contributed by atoms with van der Waals surface area (Å²) in [6.45, 7) is 6.62. The van der Waals surface area contributed by atoms with Crippen LogP contribution in [0, 0.1) is 17.7 Å². The topological polar surface area (TPSA) is 35.2 Å². The monoisotopic (exact) mass is 279 g/mol. The maximum atomic E-state index is 12.9. The Balaban J connectivity index is 1.91. The largest absolute Gasteiger partial charge is 0.373 e. The highest BCUT2D eigenvalue weighted by Crippen LogP contribution is 2.32. The smallest absolute Gasteiger partial charge is 0.123 e. The number of hydrogen-bond donors (Lipinski definition) is 1. The molecule has 112 valence electrons. The summed E-state index contributed by atoms with van der Waals surface area (Å²) in [7, 11) is 0. The third-order valence-electron chi connectivity index (χ3n) is 4.72. The van der Waals surface area contributed by atoms with Crippen LogP contribution in [0.3, 0.4) is 0 Å². The molecule has 1 fully saturated rings. The zero-order valence-corrected chi connectivity index (χ0v) is 12.7. The molecule has 1 aliphatic rings. The molecule has 1 aromatic rings. The highest BCUT2D eigenvalue weighted by atomic mass is 19.1. The molecule has 3 heteroatoms. The van der Waals surface area contributed by atoms with Gasteiger partial charge >= 0.3 is 0 Å². The first-order valence-corrected chi connectivity index (χ1v) is 7.64. The van der Waals surface area contributed by atoms with E-state index in [1.165, 1.54) is 18.6 Å². The molecule has 0 radical (unpaired) electrons. The molecule has 0 saturated heterocycles. The lowest BCUT2D eigenvalue weighted by Crippen LogP contribution is -2.34. The van der Waals surface area contributed by atoms with Crippen LogP contribution in [0.2, 0.25) is 0 Å². The molecule has 0 aromatic heterocycles. The van der Waals surface area contributed by atoms with Gasteiger partial charge in [0.05, 0.1) is 18.2 Å².